The minimum Gasteiger partial charge on any atom is -0.377 e. The SMILES string of the molecule is FC(F)(Cl)c1ncc(C2=CCOCC2)cn1. The molecule has 0 atom stereocenters. The Hall–Kier alpha value is -1.07. The molecule has 0 saturated heterocycles. The normalized spacial score (nSPS) is 17.1. The molecule has 0 spiro atoms. The lowest BCUT2D eigenvalue weighted by Gasteiger charge is -2.13. The van der Waals surface area contributed by atoms with Crippen LogP contribution in [0.2, 0.25) is 0 Å². The molecule has 3 nitrogen and oxygen atoms in total. The van der Waals surface area contributed by atoms with E-state index < -0.39 is 11.2 Å². The second-order valence-corrected chi connectivity index (χ2v) is 3.82. The Labute approximate surface area is 96.1 Å². The molecule has 1 aliphatic rings. The average Bonchev–Trinajstić information content (AvgIpc) is 2.29. The van der Waals surface area contributed by atoms with E-state index in [2.05, 4.69) is 9.97 Å². The molecule has 0 unspecified atom stereocenters. The molecule has 0 aromatic carbocycles. The predicted molar refractivity (Wildman–Crippen MR) is 55.2 cm³/mol. The van der Waals surface area contributed by atoms with Crippen molar-refractivity contribution in [2.45, 2.75) is 11.8 Å². The van der Waals surface area contributed by atoms with Gasteiger partial charge in [0.2, 0.25) is 5.82 Å². The third kappa shape index (κ3) is 2.54. The maximum atomic E-state index is 12.6. The second-order valence-electron chi connectivity index (χ2n) is 3.35. The van der Waals surface area contributed by atoms with E-state index >= 15 is 0 Å². The molecule has 6 heteroatoms. The van der Waals surface area contributed by atoms with E-state index in [9.17, 15) is 8.78 Å². The van der Waals surface area contributed by atoms with Gasteiger partial charge in [-0.2, -0.15) is 8.78 Å². The molecule has 0 aliphatic carbocycles. The van der Waals surface area contributed by atoms with Gasteiger partial charge >= 0.3 is 5.38 Å². The third-order valence-electron chi connectivity index (χ3n) is 2.24. The van der Waals surface area contributed by atoms with Crippen LogP contribution in [0.15, 0.2) is 18.5 Å². The number of rotatable bonds is 2. The molecule has 16 heavy (non-hydrogen) atoms. The summed E-state index contributed by atoms with van der Waals surface area (Å²) in [7, 11) is 0. The van der Waals surface area contributed by atoms with E-state index in [4.69, 9.17) is 16.3 Å². The summed E-state index contributed by atoms with van der Waals surface area (Å²) < 4.78 is 30.4. The third-order valence-corrected chi connectivity index (χ3v) is 2.41. The van der Waals surface area contributed by atoms with Gasteiger partial charge in [0.15, 0.2) is 0 Å². The monoisotopic (exact) mass is 246 g/mol. The summed E-state index contributed by atoms with van der Waals surface area (Å²) in [5, 5.41) is -3.51. The maximum absolute atomic E-state index is 12.6. The first kappa shape index (κ1) is 11.4. The van der Waals surface area contributed by atoms with Gasteiger partial charge in [-0.05, 0) is 23.6 Å². The highest BCUT2D eigenvalue weighted by atomic mass is 35.5. The Morgan fingerprint density at radius 3 is 2.50 bits per heavy atom. The van der Waals surface area contributed by atoms with Crippen LogP contribution in [0, 0.1) is 0 Å². The van der Waals surface area contributed by atoms with E-state index in [0.29, 0.717) is 13.2 Å². The predicted octanol–water partition coefficient (Wildman–Crippen LogP) is 2.57. The van der Waals surface area contributed by atoms with Gasteiger partial charge < -0.3 is 4.74 Å². The summed E-state index contributed by atoms with van der Waals surface area (Å²) in [6, 6.07) is 0. The Bertz CT molecular complexity index is 400. The molecule has 0 N–H and O–H groups in total. The van der Waals surface area contributed by atoms with E-state index in [1.54, 1.807) is 0 Å². The zero-order valence-corrected chi connectivity index (χ0v) is 9.05. The molecule has 2 rings (SSSR count). The van der Waals surface area contributed by atoms with Crippen LogP contribution in [0.4, 0.5) is 8.78 Å². The smallest absolute Gasteiger partial charge is 0.377 e. The quantitative estimate of drug-likeness (QED) is 0.753. The van der Waals surface area contributed by atoms with Crippen molar-refractivity contribution >= 4 is 17.2 Å². The highest BCUT2D eigenvalue weighted by Gasteiger charge is 2.31. The van der Waals surface area contributed by atoms with Crippen LogP contribution in [0.25, 0.3) is 5.57 Å². The lowest BCUT2D eigenvalue weighted by molar-refractivity contribution is 0.0844. The van der Waals surface area contributed by atoms with E-state index in [0.717, 1.165) is 17.6 Å². The number of halogens is 3. The summed E-state index contributed by atoms with van der Waals surface area (Å²) in [4.78, 5) is 7.10. The summed E-state index contributed by atoms with van der Waals surface area (Å²) in [5.41, 5.74) is 1.74. The highest BCUT2D eigenvalue weighted by Crippen LogP contribution is 2.29. The van der Waals surface area contributed by atoms with Crippen molar-refractivity contribution in [3.63, 3.8) is 0 Å². The van der Waals surface area contributed by atoms with Crippen molar-refractivity contribution in [3.05, 3.63) is 29.9 Å². The van der Waals surface area contributed by atoms with Gasteiger partial charge in [-0.3, -0.25) is 0 Å². The van der Waals surface area contributed by atoms with Crippen molar-refractivity contribution in [2.75, 3.05) is 13.2 Å². The largest absolute Gasteiger partial charge is 0.381 e. The van der Waals surface area contributed by atoms with Crippen LogP contribution in [0.5, 0.6) is 0 Å². The van der Waals surface area contributed by atoms with Crippen molar-refractivity contribution < 1.29 is 13.5 Å². The number of aromatic nitrogens is 2. The maximum Gasteiger partial charge on any atom is 0.381 e. The van der Waals surface area contributed by atoms with Gasteiger partial charge in [-0.1, -0.05) is 6.08 Å². The fraction of sp³-hybridized carbons (Fsp3) is 0.400. The summed E-state index contributed by atoms with van der Waals surface area (Å²) >= 11 is 4.80. The standard InChI is InChI=1S/C10H9ClF2N2O/c11-10(12,13)9-14-5-8(6-15-9)7-1-3-16-4-2-7/h1,5-6H,2-4H2. The molecule has 1 aromatic rings. The first-order valence-corrected chi connectivity index (χ1v) is 5.11. The molecule has 1 aliphatic heterocycles. The molecule has 1 aromatic heterocycles. The van der Waals surface area contributed by atoms with Gasteiger partial charge in [0.1, 0.15) is 0 Å². The number of nitrogens with zero attached hydrogens (tertiary/aromatic N) is 2. The fourth-order valence-corrected chi connectivity index (χ4v) is 1.53. The summed E-state index contributed by atoms with van der Waals surface area (Å²) in [5.74, 6) is -0.675. The van der Waals surface area contributed by atoms with Crippen molar-refractivity contribution in [1.82, 2.24) is 9.97 Å². The van der Waals surface area contributed by atoms with E-state index in [1.165, 1.54) is 12.4 Å². The number of hydrogen-bond acceptors (Lipinski definition) is 3. The van der Waals surface area contributed by atoms with Gasteiger partial charge in [-0.25, -0.2) is 9.97 Å². The molecule has 0 radical (unpaired) electrons. The number of alkyl halides is 3. The fourth-order valence-electron chi connectivity index (χ4n) is 1.43. The Morgan fingerprint density at radius 2 is 2.00 bits per heavy atom. The van der Waals surface area contributed by atoms with Crippen LogP contribution >= 0.6 is 11.6 Å². The van der Waals surface area contributed by atoms with Gasteiger partial charge in [0, 0.05) is 18.0 Å². The summed E-state index contributed by atoms with van der Waals surface area (Å²) in [6.45, 7) is 1.15. The number of ether oxygens (including phenoxy) is 1. The lowest BCUT2D eigenvalue weighted by atomic mass is 10.1. The number of hydrogen-bond donors (Lipinski definition) is 0. The van der Waals surface area contributed by atoms with Crippen molar-refractivity contribution in [1.29, 1.82) is 0 Å². The van der Waals surface area contributed by atoms with E-state index in [1.807, 2.05) is 6.08 Å². The molecular formula is C10H9ClF2N2O. The average molecular weight is 247 g/mol. The minimum atomic E-state index is -3.51. The Balaban J connectivity index is 2.22. The summed E-state index contributed by atoms with van der Waals surface area (Å²) in [6.07, 6.45) is 5.34. The van der Waals surface area contributed by atoms with Crippen LogP contribution in [-0.2, 0) is 10.1 Å². The van der Waals surface area contributed by atoms with E-state index in [-0.39, 0.29) is 0 Å². The second kappa shape index (κ2) is 4.43. The molecule has 0 saturated carbocycles. The lowest BCUT2D eigenvalue weighted by Crippen LogP contribution is -2.10. The first-order valence-electron chi connectivity index (χ1n) is 4.74. The van der Waals surface area contributed by atoms with Crippen LogP contribution < -0.4 is 0 Å². The highest BCUT2D eigenvalue weighted by molar-refractivity contribution is 6.21. The molecule has 0 fully saturated rings. The minimum absolute atomic E-state index is 0.531. The van der Waals surface area contributed by atoms with Gasteiger partial charge in [0.05, 0.1) is 13.2 Å². The van der Waals surface area contributed by atoms with Gasteiger partial charge in [-0.15, -0.1) is 0 Å². The molecule has 86 valence electrons. The molecule has 0 bridgehead atoms. The van der Waals surface area contributed by atoms with Crippen LogP contribution in [-0.4, -0.2) is 23.2 Å². The Kier molecular flexibility index (Phi) is 3.16. The van der Waals surface area contributed by atoms with Crippen LogP contribution in [0.3, 0.4) is 0 Å². The molecule has 0 amide bonds. The van der Waals surface area contributed by atoms with Crippen molar-refractivity contribution in [3.8, 4) is 0 Å². The molecule has 2 heterocycles. The van der Waals surface area contributed by atoms with Gasteiger partial charge in [0.25, 0.3) is 0 Å². The zero-order valence-electron chi connectivity index (χ0n) is 8.29. The Morgan fingerprint density at radius 1 is 1.31 bits per heavy atom. The van der Waals surface area contributed by atoms with Crippen LogP contribution in [0.1, 0.15) is 17.8 Å². The zero-order chi connectivity index (χ0) is 11.6. The first-order chi connectivity index (χ1) is 7.57. The topological polar surface area (TPSA) is 35.0 Å². The van der Waals surface area contributed by atoms with Crippen molar-refractivity contribution in [2.24, 2.45) is 0 Å². The molecular weight excluding hydrogens is 238 g/mol.